The van der Waals surface area contributed by atoms with Crippen molar-refractivity contribution in [3.05, 3.63) is 83.4 Å². The average Bonchev–Trinajstić information content (AvgIpc) is 3.50. The van der Waals surface area contributed by atoms with Crippen molar-refractivity contribution in [1.82, 2.24) is 4.57 Å². The van der Waals surface area contributed by atoms with Crippen molar-refractivity contribution in [1.29, 1.82) is 5.26 Å². The molecule has 4 aromatic rings. The second-order valence-corrected chi connectivity index (χ2v) is 9.77. The molecule has 6 rings (SSSR count). The highest BCUT2D eigenvalue weighted by Gasteiger charge is 2.63. The molecule has 2 N–H and O–H groups in total. The average molecular weight is 481 g/mol. The van der Waals surface area contributed by atoms with E-state index in [0.717, 1.165) is 42.2 Å². The fourth-order valence-electron chi connectivity index (χ4n) is 6.30. The molecule has 3 aromatic carbocycles. The molecule has 2 aliphatic rings. The zero-order chi connectivity index (χ0) is 24.9. The summed E-state index contributed by atoms with van der Waals surface area (Å²) < 4.78 is 14.3. The van der Waals surface area contributed by atoms with Gasteiger partial charge in [-0.05, 0) is 43.5 Å². The normalized spacial score (nSPS) is 22.0. The van der Waals surface area contributed by atoms with Gasteiger partial charge in [0.25, 0.3) is 0 Å². The zero-order valence-electron chi connectivity index (χ0n) is 20.2. The summed E-state index contributed by atoms with van der Waals surface area (Å²) in [4.78, 5) is 0. The third kappa shape index (κ3) is 3.13. The summed E-state index contributed by atoms with van der Waals surface area (Å²) in [6.07, 6.45) is 3.74. The Morgan fingerprint density at radius 2 is 1.53 bits per heavy atom. The number of para-hydroxylation sites is 1. The van der Waals surface area contributed by atoms with Crippen molar-refractivity contribution in [2.75, 3.05) is 6.61 Å². The quantitative estimate of drug-likeness (QED) is 0.320. The minimum absolute atomic E-state index is 0.00486. The van der Waals surface area contributed by atoms with Crippen LogP contribution in [0.2, 0.25) is 0 Å². The molecule has 0 saturated carbocycles. The Morgan fingerprint density at radius 3 is 2.19 bits per heavy atom. The number of hydrogen-bond acceptors (Lipinski definition) is 5. The number of hydrogen-bond donors (Lipinski definition) is 2. The third-order valence-corrected chi connectivity index (χ3v) is 7.79. The molecule has 0 radical (unpaired) electrons. The number of ether oxygens (including phenoxy) is 2. The molecular formula is C30H28N2O4. The first-order chi connectivity index (χ1) is 17.5. The van der Waals surface area contributed by atoms with Gasteiger partial charge in [-0.1, -0.05) is 55.8 Å². The van der Waals surface area contributed by atoms with Crippen LogP contribution in [-0.2, 0) is 15.9 Å². The number of nitriles is 1. The van der Waals surface area contributed by atoms with Crippen LogP contribution in [0.4, 0.5) is 0 Å². The largest absolute Gasteiger partial charge is 0.494 e. The van der Waals surface area contributed by atoms with E-state index < -0.39 is 11.2 Å². The summed E-state index contributed by atoms with van der Waals surface area (Å²) in [7, 11) is 0. The molecule has 6 nitrogen and oxygen atoms in total. The van der Waals surface area contributed by atoms with Crippen LogP contribution in [0.3, 0.4) is 0 Å². The van der Waals surface area contributed by atoms with Crippen molar-refractivity contribution >= 4 is 10.8 Å². The maximum atomic E-state index is 11.7. The number of aromatic nitrogens is 1. The molecule has 2 bridgehead atoms. The molecule has 6 heteroatoms. The first-order valence-electron chi connectivity index (χ1n) is 12.5. The van der Waals surface area contributed by atoms with Gasteiger partial charge in [-0.15, -0.1) is 0 Å². The van der Waals surface area contributed by atoms with Crippen LogP contribution >= 0.6 is 0 Å². The monoisotopic (exact) mass is 480 g/mol. The van der Waals surface area contributed by atoms with E-state index in [9.17, 15) is 15.5 Å². The van der Waals surface area contributed by atoms with Gasteiger partial charge >= 0.3 is 0 Å². The summed E-state index contributed by atoms with van der Waals surface area (Å²) in [6.45, 7) is 2.54. The van der Waals surface area contributed by atoms with Crippen molar-refractivity contribution in [2.24, 2.45) is 0 Å². The summed E-state index contributed by atoms with van der Waals surface area (Å²) in [5, 5.41) is 34.5. The van der Waals surface area contributed by atoms with Gasteiger partial charge in [0.2, 0.25) is 11.8 Å². The predicted molar refractivity (Wildman–Crippen MR) is 136 cm³/mol. The van der Waals surface area contributed by atoms with Crippen molar-refractivity contribution in [2.45, 2.75) is 50.2 Å². The standard InChI is InChI=1S/C30H28N2O4/c1-2-14-29-15-16-30(36-29,17-18-35-21-8-4-3-5-9-21)26-25(29)27(33)32(28(26)34)24-13-12-20(19-31)22-10-6-7-11-23(22)24/h3-13,33-34H,2,14-18H2,1H3/t29-,30-/m0/s1. The fourth-order valence-corrected chi connectivity index (χ4v) is 6.30. The Labute approximate surface area is 209 Å². The lowest BCUT2D eigenvalue weighted by Gasteiger charge is -2.27. The Kier molecular flexibility index (Phi) is 5.20. The first kappa shape index (κ1) is 22.5. The molecule has 1 aromatic heterocycles. The molecular weight excluding hydrogens is 452 g/mol. The van der Waals surface area contributed by atoms with Crippen LogP contribution in [0.5, 0.6) is 17.5 Å². The minimum Gasteiger partial charge on any atom is -0.494 e. The van der Waals surface area contributed by atoms with E-state index in [1.165, 1.54) is 4.57 Å². The number of rotatable bonds is 7. The Hall–Kier alpha value is -3.95. The van der Waals surface area contributed by atoms with Crippen LogP contribution in [0.1, 0.15) is 55.7 Å². The van der Waals surface area contributed by atoms with E-state index in [2.05, 4.69) is 13.0 Å². The van der Waals surface area contributed by atoms with Crippen LogP contribution in [0.25, 0.3) is 16.5 Å². The molecule has 0 aliphatic carbocycles. The van der Waals surface area contributed by atoms with E-state index in [4.69, 9.17) is 9.47 Å². The van der Waals surface area contributed by atoms with Gasteiger partial charge in [0.05, 0.1) is 35.1 Å². The molecule has 2 aliphatic heterocycles. The van der Waals surface area contributed by atoms with Gasteiger partial charge in [0.15, 0.2) is 0 Å². The first-order valence-corrected chi connectivity index (χ1v) is 12.5. The number of fused-ring (bicyclic) bond motifs is 6. The molecule has 1 saturated heterocycles. The topological polar surface area (TPSA) is 87.6 Å². The molecule has 182 valence electrons. The predicted octanol–water partition coefficient (Wildman–Crippen LogP) is 6.40. The van der Waals surface area contributed by atoms with Crippen molar-refractivity contribution in [3.8, 4) is 29.3 Å². The van der Waals surface area contributed by atoms with Gasteiger partial charge in [-0.2, -0.15) is 5.26 Å². The van der Waals surface area contributed by atoms with Crippen LogP contribution in [0.15, 0.2) is 66.7 Å². The second kappa shape index (κ2) is 8.32. The van der Waals surface area contributed by atoms with E-state index in [-0.39, 0.29) is 11.8 Å². The lowest BCUT2D eigenvalue weighted by molar-refractivity contribution is -0.101. The maximum Gasteiger partial charge on any atom is 0.205 e. The molecule has 3 heterocycles. The van der Waals surface area contributed by atoms with E-state index in [1.807, 2.05) is 54.6 Å². The van der Waals surface area contributed by atoms with E-state index in [1.54, 1.807) is 12.1 Å². The fraction of sp³-hybridized carbons (Fsp3) is 0.300. The van der Waals surface area contributed by atoms with Crippen molar-refractivity contribution < 1.29 is 19.7 Å². The highest BCUT2D eigenvalue weighted by atomic mass is 16.5. The zero-order valence-corrected chi connectivity index (χ0v) is 20.2. The SMILES string of the molecule is CCC[C@@]12CC[C@@](CCOc3ccccc3)(O1)c1c2c(O)n(-c2ccc(C#N)c3ccccc23)c1O. The molecule has 36 heavy (non-hydrogen) atoms. The van der Waals surface area contributed by atoms with Gasteiger partial charge < -0.3 is 19.7 Å². The molecule has 0 unspecified atom stereocenters. The van der Waals surface area contributed by atoms with Crippen LogP contribution < -0.4 is 4.74 Å². The second-order valence-electron chi connectivity index (χ2n) is 9.77. The van der Waals surface area contributed by atoms with Gasteiger partial charge in [0.1, 0.15) is 17.0 Å². The van der Waals surface area contributed by atoms with E-state index in [0.29, 0.717) is 35.4 Å². The van der Waals surface area contributed by atoms with E-state index >= 15 is 0 Å². The lowest BCUT2D eigenvalue weighted by Crippen LogP contribution is -2.26. The third-order valence-electron chi connectivity index (χ3n) is 7.79. The minimum atomic E-state index is -0.728. The number of aromatic hydroxyl groups is 2. The maximum absolute atomic E-state index is 11.7. The van der Waals surface area contributed by atoms with Crippen molar-refractivity contribution in [3.63, 3.8) is 0 Å². The van der Waals surface area contributed by atoms with Gasteiger partial charge in [-0.3, -0.25) is 4.57 Å². The summed E-state index contributed by atoms with van der Waals surface area (Å²) in [6, 6.07) is 23.0. The molecule has 0 spiro atoms. The summed E-state index contributed by atoms with van der Waals surface area (Å²) in [5.41, 5.74) is 1.19. The van der Waals surface area contributed by atoms with Gasteiger partial charge in [0, 0.05) is 17.2 Å². The summed E-state index contributed by atoms with van der Waals surface area (Å²) >= 11 is 0. The Morgan fingerprint density at radius 1 is 0.889 bits per heavy atom. The van der Waals surface area contributed by atoms with Crippen LogP contribution in [-0.4, -0.2) is 21.4 Å². The lowest BCUT2D eigenvalue weighted by atomic mass is 9.75. The molecule has 1 fully saturated rings. The molecule has 2 atom stereocenters. The highest BCUT2D eigenvalue weighted by Crippen LogP contribution is 2.67. The number of benzene rings is 3. The van der Waals surface area contributed by atoms with Crippen LogP contribution in [0, 0.1) is 11.3 Å². The summed E-state index contributed by atoms with van der Waals surface area (Å²) in [5.74, 6) is 0.796. The van der Waals surface area contributed by atoms with Gasteiger partial charge in [-0.25, -0.2) is 0 Å². The Balaban J connectivity index is 1.48. The smallest absolute Gasteiger partial charge is 0.205 e. The number of nitrogens with zero attached hydrogens (tertiary/aromatic N) is 2. The highest BCUT2D eigenvalue weighted by molar-refractivity contribution is 5.95. The Bertz CT molecular complexity index is 1500. The molecule has 0 amide bonds.